The highest BCUT2D eigenvalue weighted by atomic mass is 16.2. The molecule has 1 heterocycles. The molecule has 0 atom stereocenters. The van der Waals surface area contributed by atoms with E-state index in [4.69, 9.17) is 5.11 Å². The maximum Gasteiger partial charge on any atom is 0.184 e. The van der Waals surface area contributed by atoms with E-state index >= 15 is 0 Å². The van der Waals surface area contributed by atoms with Gasteiger partial charge in [0.2, 0.25) is 0 Å². The average Bonchev–Trinajstić information content (AvgIpc) is 2.03. The molecule has 1 aromatic rings. The minimum atomic E-state index is 0.0391. The van der Waals surface area contributed by atoms with Crippen molar-refractivity contribution in [1.82, 2.24) is 4.98 Å². The van der Waals surface area contributed by atoms with E-state index in [0.29, 0.717) is 12.8 Å². The zero-order valence-electron chi connectivity index (χ0n) is 6.21. The second kappa shape index (κ2) is 3.93. The highest BCUT2D eigenvalue weighted by molar-refractivity contribution is 5.08. The van der Waals surface area contributed by atoms with E-state index in [9.17, 15) is 4.79 Å². The highest BCUT2D eigenvalue weighted by Gasteiger charge is 1.95. The van der Waals surface area contributed by atoms with E-state index in [0.717, 1.165) is 5.56 Å². The minimum Gasteiger partial charge on any atom is -0.396 e. The lowest BCUT2D eigenvalue weighted by Crippen LogP contribution is -2.07. The maximum atomic E-state index is 11.0. The summed E-state index contributed by atoms with van der Waals surface area (Å²) >= 11 is 0. The summed E-state index contributed by atoms with van der Waals surface area (Å²) in [6.07, 6.45) is 4.57. The maximum absolute atomic E-state index is 11.0. The second-order valence-corrected chi connectivity index (χ2v) is 2.36. The van der Waals surface area contributed by atoms with Crippen molar-refractivity contribution in [3.05, 3.63) is 34.2 Å². The summed E-state index contributed by atoms with van der Waals surface area (Å²) in [7, 11) is 0. The topological polar surface area (TPSA) is 53.1 Å². The van der Waals surface area contributed by atoms with Crippen molar-refractivity contribution in [3.8, 4) is 0 Å². The molecular formula is C8H11NO2. The second-order valence-electron chi connectivity index (χ2n) is 2.36. The lowest BCUT2D eigenvalue weighted by Gasteiger charge is -1.95. The van der Waals surface area contributed by atoms with E-state index in [1.54, 1.807) is 12.4 Å². The molecule has 0 aliphatic rings. The number of aromatic amines is 1. The van der Waals surface area contributed by atoms with Crippen LogP contribution >= 0.6 is 0 Å². The number of aromatic nitrogens is 1. The predicted molar refractivity (Wildman–Crippen MR) is 42.5 cm³/mol. The number of H-pyrrole nitrogens is 1. The summed E-state index contributed by atoms with van der Waals surface area (Å²) in [6.45, 7) is 0.133. The van der Waals surface area contributed by atoms with Crippen molar-refractivity contribution >= 4 is 0 Å². The van der Waals surface area contributed by atoms with Crippen LogP contribution in [0, 0.1) is 0 Å². The Morgan fingerprint density at radius 1 is 1.55 bits per heavy atom. The van der Waals surface area contributed by atoms with Crippen LogP contribution in [0.4, 0.5) is 0 Å². The summed E-state index contributed by atoms with van der Waals surface area (Å²) in [4.78, 5) is 13.9. The Bertz CT molecular complexity index is 267. The van der Waals surface area contributed by atoms with Crippen LogP contribution in [0.15, 0.2) is 23.3 Å². The molecule has 0 unspecified atom stereocenters. The van der Waals surface area contributed by atoms with Crippen LogP contribution in [0.25, 0.3) is 0 Å². The van der Waals surface area contributed by atoms with Gasteiger partial charge >= 0.3 is 0 Å². The smallest absolute Gasteiger partial charge is 0.184 e. The minimum absolute atomic E-state index is 0.0391. The lowest BCUT2D eigenvalue weighted by atomic mass is 10.1. The van der Waals surface area contributed by atoms with Crippen LogP contribution in [0.3, 0.4) is 0 Å². The van der Waals surface area contributed by atoms with Gasteiger partial charge < -0.3 is 10.1 Å². The van der Waals surface area contributed by atoms with Gasteiger partial charge in [-0.05, 0) is 12.8 Å². The molecule has 2 N–H and O–H groups in total. The molecule has 0 amide bonds. The van der Waals surface area contributed by atoms with Crippen LogP contribution < -0.4 is 5.43 Å². The van der Waals surface area contributed by atoms with Gasteiger partial charge in [0.05, 0.1) is 0 Å². The number of aliphatic hydroxyl groups excluding tert-OH is 1. The van der Waals surface area contributed by atoms with Gasteiger partial charge in [-0.25, -0.2) is 0 Å². The zero-order valence-corrected chi connectivity index (χ0v) is 6.21. The molecule has 0 fully saturated rings. The molecule has 0 bridgehead atoms. The lowest BCUT2D eigenvalue weighted by molar-refractivity contribution is 0.288. The third kappa shape index (κ3) is 2.20. The summed E-state index contributed by atoms with van der Waals surface area (Å²) in [5.41, 5.74) is 0.777. The first kappa shape index (κ1) is 8.01. The van der Waals surface area contributed by atoms with Gasteiger partial charge in [0.25, 0.3) is 0 Å². The molecular weight excluding hydrogens is 142 g/mol. The SMILES string of the molecule is O=c1cc[nH]cc1CCCO. The van der Waals surface area contributed by atoms with Crippen LogP contribution in [0.1, 0.15) is 12.0 Å². The average molecular weight is 153 g/mol. The fraction of sp³-hybridized carbons (Fsp3) is 0.375. The monoisotopic (exact) mass is 153 g/mol. The Hall–Kier alpha value is -1.09. The largest absolute Gasteiger partial charge is 0.396 e. The van der Waals surface area contributed by atoms with Crippen LogP contribution in [0.2, 0.25) is 0 Å². The van der Waals surface area contributed by atoms with Gasteiger partial charge in [0.15, 0.2) is 5.43 Å². The zero-order chi connectivity index (χ0) is 8.10. The van der Waals surface area contributed by atoms with Gasteiger partial charge in [-0.15, -0.1) is 0 Å². The van der Waals surface area contributed by atoms with Crippen LogP contribution in [0.5, 0.6) is 0 Å². The van der Waals surface area contributed by atoms with Crippen molar-refractivity contribution in [2.45, 2.75) is 12.8 Å². The predicted octanol–water partition coefficient (Wildman–Crippen LogP) is 0.300. The number of rotatable bonds is 3. The highest BCUT2D eigenvalue weighted by Crippen LogP contribution is 1.92. The first-order valence-corrected chi connectivity index (χ1v) is 3.61. The Labute approximate surface area is 64.7 Å². The number of aryl methyl sites for hydroxylation is 1. The fourth-order valence-corrected chi connectivity index (χ4v) is 0.916. The molecule has 0 aromatic carbocycles. The molecule has 0 aliphatic carbocycles. The van der Waals surface area contributed by atoms with Gasteiger partial charge in [0, 0.05) is 30.6 Å². The van der Waals surface area contributed by atoms with Crippen molar-refractivity contribution in [2.24, 2.45) is 0 Å². The molecule has 11 heavy (non-hydrogen) atoms. The first-order valence-electron chi connectivity index (χ1n) is 3.61. The molecule has 3 nitrogen and oxygen atoms in total. The molecule has 0 radical (unpaired) electrons. The standard InChI is InChI=1S/C8H11NO2/c10-5-1-2-7-6-9-4-3-8(7)11/h3-4,6,10H,1-2,5H2,(H,9,11). The summed E-state index contributed by atoms with van der Waals surface area (Å²) in [6, 6.07) is 1.49. The number of nitrogens with one attached hydrogen (secondary N) is 1. The van der Waals surface area contributed by atoms with Gasteiger partial charge in [-0.3, -0.25) is 4.79 Å². The molecule has 60 valence electrons. The number of aliphatic hydroxyl groups is 1. The van der Waals surface area contributed by atoms with Crippen LogP contribution in [-0.2, 0) is 6.42 Å². The molecule has 1 aromatic heterocycles. The Kier molecular flexibility index (Phi) is 2.86. The quantitative estimate of drug-likeness (QED) is 0.656. The van der Waals surface area contributed by atoms with E-state index < -0.39 is 0 Å². The number of hydrogen-bond donors (Lipinski definition) is 2. The van der Waals surface area contributed by atoms with E-state index in [2.05, 4.69) is 4.98 Å². The van der Waals surface area contributed by atoms with Crippen molar-refractivity contribution < 1.29 is 5.11 Å². The van der Waals surface area contributed by atoms with E-state index in [1.807, 2.05) is 0 Å². The normalized spacial score (nSPS) is 9.91. The Morgan fingerprint density at radius 3 is 3.00 bits per heavy atom. The summed E-state index contributed by atoms with van der Waals surface area (Å²) < 4.78 is 0. The van der Waals surface area contributed by atoms with Crippen molar-refractivity contribution in [1.29, 1.82) is 0 Å². The van der Waals surface area contributed by atoms with E-state index in [1.165, 1.54) is 6.07 Å². The third-order valence-electron chi connectivity index (χ3n) is 1.51. The molecule has 1 rings (SSSR count). The van der Waals surface area contributed by atoms with Gasteiger partial charge in [-0.1, -0.05) is 0 Å². The van der Waals surface area contributed by atoms with Crippen LogP contribution in [-0.4, -0.2) is 16.7 Å². The van der Waals surface area contributed by atoms with Gasteiger partial charge in [-0.2, -0.15) is 0 Å². The molecule has 0 aliphatic heterocycles. The summed E-state index contributed by atoms with van der Waals surface area (Å²) in [5.74, 6) is 0. The van der Waals surface area contributed by atoms with Crippen molar-refractivity contribution in [3.63, 3.8) is 0 Å². The number of hydrogen-bond acceptors (Lipinski definition) is 2. The molecule has 0 spiro atoms. The van der Waals surface area contributed by atoms with Gasteiger partial charge in [0.1, 0.15) is 0 Å². The van der Waals surface area contributed by atoms with E-state index in [-0.39, 0.29) is 12.0 Å². The Balaban J connectivity index is 2.70. The third-order valence-corrected chi connectivity index (χ3v) is 1.51. The molecule has 0 saturated carbocycles. The molecule has 0 saturated heterocycles. The molecule has 3 heteroatoms. The first-order chi connectivity index (χ1) is 5.34. The number of pyridine rings is 1. The Morgan fingerprint density at radius 2 is 2.36 bits per heavy atom. The fourth-order valence-electron chi connectivity index (χ4n) is 0.916. The van der Waals surface area contributed by atoms with Crippen molar-refractivity contribution in [2.75, 3.05) is 6.61 Å². The summed E-state index contributed by atoms with van der Waals surface area (Å²) in [5, 5.41) is 8.51.